The number of piperidine rings is 1. The van der Waals surface area contributed by atoms with Crippen LogP contribution in [0.3, 0.4) is 0 Å². The number of nitrogens with zero attached hydrogens (tertiary/aromatic N) is 5. The molecule has 2 aromatic heterocycles. The van der Waals surface area contributed by atoms with Crippen molar-refractivity contribution in [3.05, 3.63) is 41.9 Å². The number of rotatable bonds is 7. The van der Waals surface area contributed by atoms with Gasteiger partial charge >= 0.3 is 0 Å². The maximum Gasteiger partial charge on any atom is 0.227 e. The van der Waals surface area contributed by atoms with E-state index in [-0.39, 0.29) is 11.8 Å². The highest BCUT2D eigenvalue weighted by atomic mass is 16.2. The van der Waals surface area contributed by atoms with E-state index in [0.717, 1.165) is 49.6 Å². The van der Waals surface area contributed by atoms with Gasteiger partial charge in [-0.2, -0.15) is 4.98 Å². The summed E-state index contributed by atoms with van der Waals surface area (Å²) in [4.78, 5) is 30.3. The van der Waals surface area contributed by atoms with Gasteiger partial charge in [0, 0.05) is 56.9 Å². The lowest BCUT2D eigenvalue weighted by Gasteiger charge is -2.34. The molecular formula is C21H30N6O. The molecule has 1 N–H and O–H groups in total. The minimum Gasteiger partial charge on any atom is -0.366 e. The first kappa shape index (κ1) is 20.0. The van der Waals surface area contributed by atoms with Gasteiger partial charge in [0.2, 0.25) is 11.9 Å². The molecule has 1 fully saturated rings. The number of nitrogens with one attached hydrogen (secondary N) is 1. The number of hydrogen-bond donors (Lipinski definition) is 1. The van der Waals surface area contributed by atoms with Crippen LogP contribution in [-0.4, -0.2) is 51.9 Å². The molecule has 7 nitrogen and oxygen atoms in total. The topological polar surface area (TPSA) is 74.2 Å². The van der Waals surface area contributed by atoms with Gasteiger partial charge in [-0.15, -0.1) is 0 Å². The Balaban J connectivity index is 1.70. The summed E-state index contributed by atoms with van der Waals surface area (Å²) in [6.07, 6.45) is 5.52. The maximum atomic E-state index is 12.8. The van der Waals surface area contributed by atoms with Gasteiger partial charge in [0.15, 0.2) is 0 Å². The second-order valence-electron chi connectivity index (χ2n) is 7.21. The van der Waals surface area contributed by atoms with Crippen molar-refractivity contribution in [2.45, 2.75) is 40.2 Å². The number of anilines is 2. The molecule has 3 heterocycles. The fraction of sp³-hybridized carbons (Fsp3) is 0.524. The molecule has 0 saturated carbocycles. The molecule has 28 heavy (non-hydrogen) atoms. The zero-order valence-electron chi connectivity index (χ0n) is 17.1. The van der Waals surface area contributed by atoms with Gasteiger partial charge in [-0.3, -0.25) is 9.78 Å². The Morgan fingerprint density at radius 1 is 1.32 bits per heavy atom. The second-order valence-corrected chi connectivity index (χ2v) is 7.21. The summed E-state index contributed by atoms with van der Waals surface area (Å²) in [6.45, 7) is 9.78. The molecule has 3 rings (SSSR count). The predicted octanol–water partition coefficient (Wildman–Crippen LogP) is 2.88. The van der Waals surface area contributed by atoms with E-state index in [1.165, 1.54) is 0 Å². The standard InChI is InChI=1S/C21H30N6O/c1-4-26(5-2)20(28)18-9-7-11-27(15-18)21-24-16(3)12-19(25-21)23-14-17-8-6-10-22-13-17/h6,8,10,12-13,18H,4-5,7,9,11,14-15H2,1-3H3,(H,23,24,25). The SMILES string of the molecule is CCN(CC)C(=O)C1CCCN(c2nc(C)cc(NCc3cccnc3)n2)C1. The molecule has 0 aromatic carbocycles. The average molecular weight is 383 g/mol. The summed E-state index contributed by atoms with van der Waals surface area (Å²) in [6, 6.07) is 5.90. The lowest BCUT2D eigenvalue weighted by Crippen LogP contribution is -2.45. The van der Waals surface area contributed by atoms with E-state index < -0.39 is 0 Å². The van der Waals surface area contributed by atoms with Crippen LogP contribution in [-0.2, 0) is 11.3 Å². The van der Waals surface area contributed by atoms with Crippen LogP contribution in [0.2, 0.25) is 0 Å². The lowest BCUT2D eigenvalue weighted by molar-refractivity contribution is -0.135. The number of pyridine rings is 1. The number of carbonyl (C=O) groups is 1. The molecular weight excluding hydrogens is 352 g/mol. The van der Waals surface area contributed by atoms with Crippen LogP contribution in [0.5, 0.6) is 0 Å². The Hall–Kier alpha value is -2.70. The third-order valence-electron chi connectivity index (χ3n) is 5.17. The number of aromatic nitrogens is 3. The smallest absolute Gasteiger partial charge is 0.227 e. The minimum atomic E-state index is 0.0181. The molecule has 150 valence electrons. The van der Waals surface area contributed by atoms with Crippen molar-refractivity contribution < 1.29 is 4.79 Å². The second kappa shape index (κ2) is 9.48. The largest absolute Gasteiger partial charge is 0.366 e. The molecule has 1 atom stereocenters. The van der Waals surface area contributed by atoms with E-state index in [0.29, 0.717) is 19.0 Å². The molecule has 7 heteroatoms. The lowest BCUT2D eigenvalue weighted by atomic mass is 9.96. The first-order valence-electron chi connectivity index (χ1n) is 10.1. The highest BCUT2D eigenvalue weighted by Crippen LogP contribution is 2.23. The van der Waals surface area contributed by atoms with Crippen molar-refractivity contribution in [2.75, 3.05) is 36.4 Å². The number of aryl methyl sites for hydroxylation is 1. The van der Waals surface area contributed by atoms with Crippen LogP contribution in [0.25, 0.3) is 0 Å². The molecule has 0 radical (unpaired) electrons. The zero-order chi connectivity index (χ0) is 19.9. The third kappa shape index (κ3) is 4.97. The van der Waals surface area contributed by atoms with Gasteiger partial charge in [-0.05, 0) is 45.2 Å². The summed E-state index contributed by atoms with van der Waals surface area (Å²) in [5, 5.41) is 3.36. The molecule has 1 unspecified atom stereocenters. The summed E-state index contributed by atoms with van der Waals surface area (Å²) in [5.74, 6) is 1.76. The van der Waals surface area contributed by atoms with Crippen LogP contribution < -0.4 is 10.2 Å². The Bertz CT molecular complexity index is 778. The van der Waals surface area contributed by atoms with Gasteiger partial charge in [0.25, 0.3) is 0 Å². The molecule has 1 saturated heterocycles. The molecule has 0 bridgehead atoms. The van der Waals surface area contributed by atoms with E-state index in [4.69, 9.17) is 4.98 Å². The first-order valence-corrected chi connectivity index (χ1v) is 10.1. The molecule has 0 spiro atoms. The molecule has 1 aliphatic heterocycles. The van der Waals surface area contributed by atoms with E-state index in [1.54, 1.807) is 6.20 Å². The fourth-order valence-electron chi connectivity index (χ4n) is 3.63. The van der Waals surface area contributed by atoms with Crippen LogP contribution in [0.15, 0.2) is 30.6 Å². The summed E-state index contributed by atoms with van der Waals surface area (Å²) in [5.41, 5.74) is 2.01. The van der Waals surface area contributed by atoms with Gasteiger partial charge in [0.1, 0.15) is 5.82 Å². The Morgan fingerprint density at radius 2 is 2.14 bits per heavy atom. The van der Waals surface area contributed by atoms with Crippen molar-refractivity contribution >= 4 is 17.7 Å². The van der Waals surface area contributed by atoms with Crippen LogP contribution in [0.1, 0.15) is 37.9 Å². The van der Waals surface area contributed by atoms with E-state index in [1.807, 2.05) is 50.1 Å². The van der Waals surface area contributed by atoms with Crippen LogP contribution >= 0.6 is 0 Å². The van der Waals surface area contributed by atoms with Crippen molar-refractivity contribution in [3.63, 3.8) is 0 Å². The Morgan fingerprint density at radius 3 is 2.86 bits per heavy atom. The highest BCUT2D eigenvalue weighted by molar-refractivity contribution is 5.79. The summed E-state index contributed by atoms with van der Waals surface area (Å²) in [7, 11) is 0. The van der Waals surface area contributed by atoms with Crippen LogP contribution in [0.4, 0.5) is 11.8 Å². The first-order chi connectivity index (χ1) is 13.6. The zero-order valence-corrected chi connectivity index (χ0v) is 17.1. The summed E-state index contributed by atoms with van der Waals surface area (Å²) < 4.78 is 0. The van der Waals surface area contributed by atoms with Crippen molar-refractivity contribution in [3.8, 4) is 0 Å². The number of hydrogen-bond acceptors (Lipinski definition) is 6. The maximum absolute atomic E-state index is 12.8. The normalized spacial score (nSPS) is 16.7. The van der Waals surface area contributed by atoms with E-state index >= 15 is 0 Å². The molecule has 1 aliphatic rings. The number of carbonyl (C=O) groups excluding carboxylic acids is 1. The van der Waals surface area contributed by atoms with E-state index in [2.05, 4.69) is 20.2 Å². The van der Waals surface area contributed by atoms with Crippen LogP contribution in [0, 0.1) is 12.8 Å². The van der Waals surface area contributed by atoms with Gasteiger partial charge in [-0.1, -0.05) is 6.07 Å². The molecule has 1 amide bonds. The highest BCUT2D eigenvalue weighted by Gasteiger charge is 2.29. The monoisotopic (exact) mass is 382 g/mol. The van der Waals surface area contributed by atoms with Gasteiger partial charge < -0.3 is 15.1 Å². The molecule has 2 aromatic rings. The summed E-state index contributed by atoms with van der Waals surface area (Å²) >= 11 is 0. The minimum absolute atomic E-state index is 0.0181. The van der Waals surface area contributed by atoms with Gasteiger partial charge in [0.05, 0.1) is 5.92 Å². The van der Waals surface area contributed by atoms with Crippen molar-refractivity contribution in [1.29, 1.82) is 0 Å². The molecule has 0 aliphatic carbocycles. The Kier molecular flexibility index (Phi) is 6.79. The van der Waals surface area contributed by atoms with Crippen molar-refractivity contribution in [1.82, 2.24) is 19.9 Å². The van der Waals surface area contributed by atoms with Gasteiger partial charge in [-0.25, -0.2) is 4.98 Å². The third-order valence-corrected chi connectivity index (χ3v) is 5.17. The quantitative estimate of drug-likeness (QED) is 0.794. The Labute approximate surface area is 167 Å². The average Bonchev–Trinajstić information content (AvgIpc) is 2.73. The number of amides is 1. The fourth-order valence-corrected chi connectivity index (χ4v) is 3.63. The predicted molar refractivity (Wildman–Crippen MR) is 111 cm³/mol. The van der Waals surface area contributed by atoms with Crippen molar-refractivity contribution in [2.24, 2.45) is 5.92 Å². The van der Waals surface area contributed by atoms with E-state index in [9.17, 15) is 4.79 Å².